The molecule has 0 atom stereocenters. The highest BCUT2D eigenvalue weighted by Gasteiger charge is 2.37. The summed E-state index contributed by atoms with van der Waals surface area (Å²) in [5.74, 6) is 0.692. The average molecular weight is 538 g/mol. The molecule has 0 N–H and O–H groups in total. The van der Waals surface area contributed by atoms with Crippen molar-refractivity contribution < 1.29 is 0 Å². The Morgan fingerprint density at radius 1 is 0.548 bits per heavy atom. The van der Waals surface area contributed by atoms with Crippen molar-refractivity contribution in [1.29, 1.82) is 0 Å². The van der Waals surface area contributed by atoms with Crippen molar-refractivity contribution in [3.05, 3.63) is 139 Å². The van der Waals surface area contributed by atoms with Gasteiger partial charge in [-0.2, -0.15) is 0 Å². The fourth-order valence-electron chi connectivity index (χ4n) is 7.25. The Hall–Kier alpha value is -5.28. The van der Waals surface area contributed by atoms with Gasteiger partial charge in [-0.25, -0.2) is 9.97 Å². The first kappa shape index (κ1) is 23.4. The van der Waals surface area contributed by atoms with E-state index in [1.807, 2.05) is 6.07 Å². The second-order valence-corrected chi connectivity index (χ2v) is 11.9. The molecule has 42 heavy (non-hydrogen) atoms. The lowest BCUT2D eigenvalue weighted by molar-refractivity contribution is 0.667. The summed E-state index contributed by atoms with van der Waals surface area (Å²) in [7, 11) is 0. The van der Waals surface area contributed by atoms with Gasteiger partial charge in [0.15, 0.2) is 0 Å². The SMILES string of the molecule is CC1(C)c2cc3c(cc2-c2ccc4ccccc4c21)c1ccccc1n3-c1nc(-c2ccccc2)c2ccccc2n1. The topological polar surface area (TPSA) is 30.7 Å². The number of para-hydroxylation sites is 2. The van der Waals surface area contributed by atoms with Crippen LogP contribution in [0, 0.1) is 0 Å². The van der Waals surface area contributed by atoms with Crippen LogP contribution in [-0.2, 0) is 5.41 Å². The summed E-state index contributed by atoms with van der Waals surface area (Å²) in [6.07, 6.45) is 0. The third-order valence-corrected chi connectivity index (χ3v) is 9.17. The van der Waals surface area contributed by atoms with Gasteiger partial charge in [0.25, 0.3) is 0 Å². The summed E-state index contributed by atoms with van der Waals surface area (Å²) >= 11 is 0. The Bertz CT molecular complexity index is 2380. The number of benzene rings is 6. The predicted molar refractivity (Wildman–Crippen MR) is 174 cm³/mol. The van der Waals surface area contributed by atoms with E-state index in [0.29, 0.717) is 5.95 Å². The average Bonchev–Trinajstić information content (AvgIpc) is 3.48. The molecule has 8 aromatic rings. The molecule has 198 valence electrons. The Kier molecular flexibility index (Phi) is 4.67. The number of rotatable bonds is 2. The van der Waals surface area contributed by atoms with Gasteiger partial charge in [-0.15, -0.1) is 0 Å². The van der Waals surface area contributed by atoms with Gasteiger partial charge >= 0.3 is 0 Å². The van der Waals surface area contributed by atoms with Crippen LogP contribution < -0.4 is 0 Å². The third-order valence-electron chi connectivity index (χ3n) is 9.17. The normalized spacial score (nSPS) is 13.7. The maximum Gasteiger partial charge on any atom is 0.235 e. The van der Waals surface area contributed by atoms with Crippen molar-refractivity contribution in [3.63, 3.8) is 0 Å². The predicted octanol–water partition coefficient (Wildman–Crippen LogP) is 9.85. The molecule has 0 unspecified atom stereocenters. The summed E-state index contributed by atoms with van der Waals surface area (Å²) in [6, 6.07) is 45.5. The Morgan fingerprint density at radius 2 is 1.26 bits per heavy atom. The zero-order valence-electron chi connectivity index (χ0n) is 23.5. The van der Waals surface area contributed by atoms with Crippen LogP contribution in [0.25, 0.3) is 71.8 Å². The van der Waals surface area contributed by atoms with Crippen molar-refractivity contribution in [2.24, 2.45) is 0 Å². The van der Waals surface area contributed by atoms with Gasteiger partial charge in [-0.05, 0) is 57.3 Å². The van der Waals surface area contributed by atoms with Crippen molar-refractivity contribution in [2.45, 2.75) is 19.3 Å². The molecule has 1 aliphatic carbocycles. The van der Waals surface area contributed by atoms with E-state index in [2.05, 4.69) is 140 Å². The highest BCUT2D eigenvalue weighted by Crippen LogP contribution is 2.53. The summed E-state index contributed by atoms with van der Waals surface area (Å²) in [6.45, 7) is 4.73. The lowest BCUT2D eigenvalue weighted by Crippen LogP contribution is -2.15. The minimum Gasteiger partial charge on any atom is -0.278 e. The number of hydrogen-bond acceptors (Lipinski definition) is 2. The summed E-state index contributed by atoms with van der Waals surface area (Å²) in [5, 5.41) is 6.10. The number of hydrogen-bond donors (Lipinski definition) is 0. The second kappa shape index (κ2) is 8.37. The van der Waals surface area contributed by atoms with E-state index < -0.39 is 0 Å². The van der Waals surface area contributed by atoms with E-state index in [9.17, 15) is 0 Å². The van der Waals surface area contributed by atoms with Crippen LogP contribution in [0.4, 0.5) is 0 Å². The Balaban J connectivity index is 1.38. The monoisotopic (exact) mass is 537 g/mol. The van der Waals surface area contributed by atoms with Gasteiger partial charge in [0.2, 0.25) is 5.95 Å². The first-order valence-corrected chi connectivity index (χ1v) is 14.5. The largest absolute Gasteiger partial charge is 0.278 e. The zero-order chi connectivity index (χ0) is 28.0. The van der Waals surface area contributed by atoms with Gasteiger partial charge in [0.05, 0.1) is 22.2 Å². The Labute approximate surface area is 243 Å². The van der Waals surface area contributed by atoms with Crippen LogP contribution in [0.1, 0.15) is 25.0 Å². The van der Waals surface area contributed by atoms with Crippen LogP contribution >= 0.6 is 0 Å². The maximum atomic E-state index is 5.28. The zero-order valence-corrected chi connectivity index (χ0v) is 23.5. The lowest BCUT2D eigenvalue weighted by atomic mass is 9.80. The molecule has 0 radical (unpaired) electrons. The summed E-state index contributed by atoms with van der Waals surface area (Å²) < 4.78 is 2.26. The van der Waals surface area contributed by atoms with Gasteiger partial charge < -0.3 is 0 Å². The maximum absolute atomic E-state index is 5.28. The van der Waals surface area contributed by atoms with Gasteiger partial charge in [-0.3, -0.25) is 4.57 Å². The first-order chi connectivity index (χ1) is 20.6. The third kappa shape index (κ3) is 3.11. The van der Waals surface area contributed by atoms with E-state index in [1.54, 1.807) is 0 Å². The quantitative estimate of drug-likeness (QED) is 0.220. The highest BCUT2D eigenvalue weighted by molar-refractivity contribution is 6.12. The molecule has 3 nitrogen and oxygen atoms in total. The number of aromatic nitrogens is 3. The van der Waals surface area contributed by atoms with Gasteiger partial charge in [0, 0.05) is 27.1 Å². The molecule has 0 spiro atoms. The van der Waals surface area contributed by atoms with Crippen LogP contribution in [0.15, 0.2) is 127 Å². The molecule has 1 aliphatic rings. The first-order valence-electron chi connectivity index (χ1n) is 14.5. The van der Waals surface area contributed by atoms with E-state index in [0.717, 1.165) is 33.2 Å². The van der Waals surface area contributed by atoms with E-state index >= 15 is 0 Å². The minimum absolute atomic E-state index is 0.152. The fraction of sp³-hybridized carbons (Fsp3) is 0.0769. The molecule has 2 aromatic heterocycles. The number of fused-ring (bicyclic) bond motifs is 9. The summed E-state index contributed by atoms with van der Waals surface area (Å²) in [4.78, 5) is 10.4. The van der Waals surface area contributed by atoms with Crippen molar-refractivity contribution in [2.75, 3.05) is 0 Å². The molecule has 0 fully saturated rings. The Morgan fingerprint density at radius 3 is 2.12 bits per heavy atom. The lowest BCUT2D eigenvalue weighted by Gasteiger charge is -2.23. The van der Waals surface area contributed by atoms with Crippen LogP contribution in [0.5, 0.6) is 0 Å². The van der Waals surface area contributed by atoms with Crippen molar-refractivity contribution >= 4 is 43.5 Å². The van der Waals surface area contributed by atoms with Crippen molar-refractivity contribution in [1.82, 2.24) is 14.5 Å². The van der Waals surface area contributed by atoms with Crippen LogP contribution in [0.2, 0.25) is 0 Å². The van der Waals surface area contributed by atoms with E-state index in [1.165, 1.54) is 43.8 Å². The van der Waals surface area contributed by atoms with Crippen LogP contribution in [0.3, 0.4) is 0 Å². The highest BCUT2D eigenvalue weighted by atomic mass is 15.2. The van der Waals surface area contributed by atoms with E-state index in [-0.39, 0.29) is 5.41 Å². The molecule has 0 aliphatic heterocycles. The molecular formula is C39H27N3. The van der Waals surface area contributed by atoms with Gasteiger partial charge in [0.1, 0.15) is 0 Å². The molecule has 3 heteroatoms. The van der Waals surface area contributed by atoms with Crippen LogP contribution in [-0.4, -0.2) is 14.5 Å². The second-order valence-electron chi connectivity index (χ2n) is 11.9. The molecule has 0 saturated carbocycles. The van der Waals surface area contributed by atoms with E-state index in [4.69, 9.17) is 9.97 Å². The molecule has 2 heterocycles. The smallest absolute Gasteiger partial charge is 0.235 e. The minimum atomic E-state index is -0.152. The molecule has 0 bridgehead atoms. The molecule has 9 rings (SSSR count). The summed E-state index contributed by atoms with van der Waals surface area (Å²) in [5.41, 5.74) is 10.5. The molecule has 6 aromatic carbocycles. The molecule has 0 amide bonds. The number of nitrogens with zero attached hydrogens (tertiary/aromatic N) is 3. The standard InChI is InChI=1S/C39H27N3/c1-39(2)32-23-35-31(22-30(32)28-21-20-24-12-6-7-15-26(24)36(28)39)27-16-9-11-19-34(27)42(35)38-40-33-18-10-8-17-29(33)37(41-38)25-13-4-3-5-14-25/h3-23H,1-2H3. The molecular weight excluding hydrogens is 510 g/mol. The van der Waals surface area contributed by atoms with Gasteiger partial charge in [-0.1, -0.05) is 117 Å². The molecule has 0 saturated heterocycles. The fourth-order valence-corrected chi connectivity index (χ4v) is 7.25. The van der Waals surface area contributed by atoms with Crippen molar-refractivity contribution in [3.8, 4) is 28.3 Å².